The second-order valence-electron chi connectivity index (χ2n) is 5.31. The van der Waals surface area contributed by atoms with Crippen LogP contribution in [-0.2, 0) is 21.4 Å². The second-order valence-corrected chi connectivity index (χ2v) is 7.40. The van der Waals surface area contributed by atoms with Crippen LogP contribution >= 0.6 is 0 Å². The molecule has 0 aliphatic carbocycles. The van der Waals surface area contributed by atoms with Crippen molar-refractivity contribution in [2.24, 2.45) is 0 Å². The number of para-hydroxylation sites is 1. The number of carbonyl (C=O) groups excluding carboxylic acids is 1. The van der Waals surface area contributed by atoms with Gasteiger partial charge in [0.05, 0.1) is 4.92 Å². The minimum absolute atomic E-state index is 0.101. The van der Waals surface area contributed by atoms with E-state index in [4.69, 9.17) is 9.15 Å². The number of rotatable bonds is 6. The number of nitrogens with zero attached hydrogens (tertiary/aromatic N) is 2. The third-order valence-electron chi connectivity index (χ3n) is 3.36. The molecule has 25 heavy (non-hydrogen) atoms. The summed E-state index contributed by atoms with van der Waals surface area (Å²) in [7, 11) is -1.02. The number of esters is 1. The molecule has 0 unspecified atom stereocenters. The molecule has 134 valence electrons. The molecule has 9 nitrogen and oxygen atoms in total. The predicted molar refractivity (Wildman–Crippen MR) is 86.5 cm³/mol. The van der Waals surface area contributed by atoms with Gasteiger partial charge in [-0.3, -0.25) is 10.1 Å². The summed E-state index contributed by atoms with van der Waals surface area (Å²) in [4.78, 5) is 22.6. The highest BCUT2D eigenvalue weighted by Crippen LogP contribution is 2.24. The fraction of sp³-hybridized carbons (Fsp3) is 0.267. The van der Waals surface area contributed by atoms with Crippen LogP contribution in [0.4, 0.5) is 5.69 Å². The maximum atomic E-state index is 12.1. The standard InChI is InChI=1S/C15H16N2O7S/c1-10-5-4-6-12(14(10)17(19)20)15(18)23-9-11-7-8-13(24-11)25(21,22)16(2)3/h4-8H,9H2,1-3H3. The molecule has 1 aromatic heterocycles. The van der Waals surface area contributed by atoms with Crippen LogP contribution in [0, 0.1) is 17.0 Å². The summed E-state index contributed by atoms with van der Waals surface area (Å²) in [6.45, 7) is 1.16. The molecular weight excluding hydrogens is 352 g/mol. The van der Waals surface area contributed by atoms with Gasteiger partial charge in [0.25, 0.3) is 15.7 Å². The van der Waals surface area contributed by atoms with Crippen molar-refractivity contribution >= 4 is 21.7 Å². The molecule has 2 rings (SSSR count). The molecule has 0 aliphatic rings. The van der Waals surface area contributed by atoms with Crippen LogP contribution in [0.15, 0.2) is 39.8 Å². The highest BCUT2D eigenvalue weighted by molar-refractivity contribution is 7.88. The number of nitro benzene ring substituents is 1. The van der Waals surface area contributed by atoms with Crippen LogP contribution in [0.1, 0.15) is 21.7 Å². The summed E-state index contributed by atoms with van der Waals surface area (Å²) < 4.78 is 35.0. The summed E-state index contributed by atoms with van der Waals surface area (Å²) in [5.41, 5.74) is -0.183. The maximum absolute atomic E-state index is 12.1. The van der Waals surface area contributed by atoms with E-state index in [-0.39, 0.29) is 28.7 Å². The number of sulfonamides is 1. The Bertz CT molecular complexity index is 916. The lowest BCUT2D eigenvalue weighted by Gasteiger charge is -2.08. The van der Waals surface area contributed by atoms with E-state index in [1.165, 1.54) is 51.4 Å². The minimum Gasteiger partial charge on any atom is -0.454 e. The van der Waals surface area contributed by atoms with E-state index in [0.29, 0.717) is 5.56 Å². The molecule has 0 radical (unpaired) electrons. The third kappa shape index (κ3) is 3.86. The Labute approximate surface area is 144 Å². The maximum Gasteiger partial charge on any atom is 0.345 e. The zero-order valence-electron chi connectivity index (χ0n) is 13.8. The van der Waals surface area contributed by atoms with E-state index in [1.807, 2.05) is 0 Å². The van der Waals surface area contributed by atoms with Gasteiger partial charge in [-0.25, -0.2) is 17.5 Å². The van der Waals surface area contributed by atoms with Gasteiger partial charge in [-0.2, -0.15) is 0 Å². The van der Waals surface area contributed by atoms with Crippen molar-refractivity contribution in [1.29, 1.82) is 0 Å². The molecule has 0 saturated heterocycles. The Morgan fingerprint density at radius 1 is 1.28 bits per heavy atom. The molecule has 0 aliphatic heterocycles. The third-order valence-corrected chi connectivity index (χ3v) is 5.05. The predicted octanol–water partition coefficient (Wildman–Crippen LogP) is 2.10. The van der Waals surface area contributed by atoms with Crippen LogP contribution in [0.25, 0.3) is 0 Å². The van der Waals surface area contributed by atoms with Crippen LogP contribution in [-0.4, -0.2) is 37.7 Å². The molecule has 2 aromatic rings. The number of furan rings is 1. The van der Waals surface area contributed by atoms with E-state index < -0.39 is 20.9 Å². The van der Waals surface area contributed by atoms with Gasteiger partial charge in [0.15, 0.2) is 0 Å². The second kappa shape index (κ2) is 7.03. The van der Waals surface area contributed by atoms with Crippen molar-refractivity contribution in [3.8, 4) is 0 Å². The first-order valence-electron chi connectivity index (χ1n) is 7.07. The van der Waals surface area contributed by atoms with Crippen LogP contribution in [0.5, 0.6) is 0 Å². The van der Waals surface area contributed by atoms with Crippen molar-refractivity contribution in [1.82, 2.24) is 4.31 Å². The van der Waals surface area contributed by atoms with E-state index >= 15 is 0 Å². The van der Waals surface area contributed by atoms with Gasteiger partial charge in [0.2, 0.25) is 5.09 Å². The summed E-state index contributed by atoms with van der Waals surface area (Å²) in [5, 5.41) is 10.8. The van der Waals surface area contributed by atoms with Gasteiger partial charge < -0.3 is 9.15 Å². The highest BCUT2D eigenvalue weighted by atomic mass is 32.2. The summed E-state index contributed by atoms with van der Waals surface area (Å²) >= 11 is 0. The largest absolute Gasteiger partial charge is 0.454 e. The molecule has 10 heteroatoms. The van der Waals surface area contributed by atoms with E-state index in [2.05, 4.69) is 0 Å². The molecule has 0 bridgehead atoms. The van der Waals surface area contributed by atoms with E-state index in [1.54, 1.807) is 0 Å². The fourth-order valence-corrected chi connectivity index (χ4v) is 2.85. The normalized spacial score (nSPS) is 11.5. The molecule has 1 aromatic carbocycles. The lowest BCUT2D eigenvalue weighted by Crippen LogP contribution is -2.21. The Hall–Kier alpha value is -2.72. The van der Waals surface area contributed by atoms with Gasteiger partial charge in [0, 0.05) is 19.7 Å². The smallest absolute Gasteiger partial charge is 0.345 e. The topological polar surface area (TPSA) is 120 Å². The quantitative estimate of drug-likeness (QED) is 0.435. The SMILES string of the molecule is Cc1cccc(C(=O)OCc2ccc(S(=O)(=O)N(C)C)o2)c1[N+](=O)[O-]. The number of hydrogen-bond acceptors (Lipinski definition) is 7. The summed E-state index contributed by atoms with van der Waals surface area (Å²) in [6, 6.07) is 6.91. The van der Waals surface area contributed by atoms with Crippen LogP contribution < -0.4 is 0 Å². The molecular formula is C15H16N2O7S. The van der Waals surface area contributed by atoms with Crippen molar-refractivity contribution in [2.75, 3.05) is 14.1 Å². The Balaban J connectivity index is 2.16. The fourth-order valence-electron chi connectivity index (χ4n) is 2.03. The van der Waals surface area contributed by atoms with Gasteiger partial charge in [0.1, 0.15) is 17.9 Å². The highest BCUT2D eigenvalue weighted by Gasteiger charge is 2.25. The zero-order chi connectivity index (χ0) is 18.8. The van der Waals surface area contributed by atoms with Crippen LogP contribution in [0.3, 0.4) is 0 Å². The number of ether oxygens (including phenoxy) is 1. The average Bonchev–Trinajstić information content (AvgIpc) is 3.01. The molecule has 0 N–H and O–H groups in total. The van der Waals surface area contributed by atoms with Gasteiger partial charge >= 0.3 is 5.97 Å². The Morgan fingerprint density at radius 3 is 2.56 bits per heavy atom. The number of aryl methyl sites for hydroxylation is 1. The molecule has 0 spiro atoms. The molecule has 0 amide bonds. The minimum atomic E-state index is -3.73. The summed E-state index contributed by atoms with van der Waals surface area (Å²) in [6.07, 6.45) is 0. The molecule has 0 atom stereocenters. The number of benzene rings is 1. The van der Waals surface area contributed by atoms with Gasteiger partial charge in [-0.05, 0) is 25.1 Å². The van der Waals surface area contributed by atoms with Gasteiger partial charge in [-0.1, -0.05) is 12.1 Å². The van der Waals surface area contributed by atoms with Crippen molar-refractivity contribution in [2.45, 2.75) is 18.6 Å². The first-order valence-corrected chi connectivity index (χ1v) is 8.51. The number of nitro groups is 1. The summed E-state index contributed by atoms with van der Waals surface area (Å²) in [5.74, 6) is -0.798. The molecule has 0 saturated carbocycles. The molecule has 1 heterocycles. The Morgan fingerprint density at radius 2 is 1.96 bits per heavy atom. The zero-order valence-corrected chi connectivity index (χ0v) is 14.6. The lowest BCUT2D eigenvalue weighted by molar-refractivity contribution is -0.385. The van der Waals surface area contributed by atoms with E-state index in [9.17, 15) is 23.3 Å². The van der Waals surface area contributed by atoms with Crippen molar-refractivity contribution < 1.29 is 27.3 Å². The van der Waals surface area contributed by atoms with Crippen molar-refractivity contribution in [3.05, 3.63) is 57.3 Å². The monoisotopic (exact) mass is 368 g/mol. The number of hydrogen-bond donors (Lipinski definition) is 0. The Kier molecular flexibility index (Phi) is 5.24. The van der Waals surface area contributed by atoms with Crippen LogP contribution in [0.2, 0.25) is 0 Å². The average molecular weight is 368 g/mol. The van der Waals surface area contributed by atoms with Gasteiger partial charge in [-0.15, -0.1) is 0 Å². The molecule has 0 fully saturated rings. The first kappa shape index (κ1) is 18.6. The van der Waals surface area contributed by atoms with Crippen molar-refractivity contribution in [3.63, 3.8) is 0 Å². The van der Waals surface area contributed by atoms with E-state index in [0.717, 1.165) is 4.31 Å². The lowest BCUT2D eigenvalue weighted by atomic mass is 10.1. The first-order chi connectivity index (χ1) is 11.6. The number of carbonyl (C=O) groups is 1.